The maximum atomic E-state index is 13.4. The summed E-state index contributed by atoms with van der Waals surface area (Å²) in [7, 11) is 0. The fraction of sp³-hybridized carbons (Fsp3) is 0.409. The predicted molar refractivity (Wildman–Crippen MR) is 110 cm³/mol. The second kappa shape index (κ2) is 7.83. The summed E-state index contributed by atoms with van der Waals surface area (Å²) in [5, 5.41) is 1.01. The van der Waals surface area contributed by atoms with Crippen LogP contribution in [-0.2, 0) is 17.6 Å². The summed E-state index contributed by atoms with van der Waals surface area (Å²) in [6, 6.07) is 14.0. The second-order valence-corrected chi connectivity index (χ2v) is 8.34. The summed E-state index contributed by atoms with van der Waals surface area (Å²) in [5.74, 6) is 0.146. The largest absolute Gasteiger partial charge is 0.320 e. The predicted octanol–water partition coefficient (Wildman–Crippen LogP) is 5.10. The van der Waals surface area contributed by atoms with Crippen molar-refractivity contribution in [1.29, 1.82) is 0 Å². The summed E-state index contributed by atoms with van der Waals surface area (Å²) >= 11 is 12.2. The average Bonchev–Trinajstić information content (AvgIpc) is 3.19. The highest BCUT2D eigenvalue weighted by Gasteiger charge is 2.38. The minimum Gasteiger partial charge on any atom is -0.320 e. The molecule has 3 nitrogen and oxygen atoms in total. The number of fused-ring (bicyclic) bond motifs is 1. The Morgan fingerprint density at radius 2 is 1.81 bits per heavy atom. The van der Waals surface area contributed by atoms with E-state index < -0.39 is 0 Å². The molecule has 1 amide bonds. The molecule has 2 heterocycles. The number of halogens is 2. The SMILES string of the molecule is C[C@@H]1c2ccccc2CC(N2CCCC2)N1C(=O)Cc1ccc(Cl)c(Cl)c1. The number of hydrogen-bond donors (Lipinski definition) is 0. The van der Waals surface area contributed by atoms with E-state index in [9.17, 15) is 4.79 Å². The van der Waals surface area contributed by atoms with Crippen molar-refractivity contribution in [2.75, 3.05) is 13.1 Å². The zero-order valence-electron chi connectivity index (χ0n) is 15.5. The number of likely N-dealkylation sites (tertiary alicyclic amines) is 1. The fourth-order valence-electron chi connectivity index (χ4n) is 4.47. The first-order valence-electron chi connectivity index (χ1n) is 9.61. The van der Waals surface area contributed by atoms with E-state index in [1.54, 1.807) is 12.1 Å². The van der Waals surface area contributed by atoms with Crippen LogP contribution in [0.15, 0.2) is 42.5 Å². The van der Waals surface area contributed by atoms with Crippen LogP contribution in [0.1, 0.15) is 42.5 Å². The molecule has 4 rings (SSSR count). The molecule has 2 aliphatic rings. The van der Waals surface area contributed by atoms with E-state index in [2.05, 4.69) is 41.0 Å². The average molecular weight is 403 g/mol. The van der Waals surface area contributed by atoms with E-state index in [0.717, 1.165) is 25.1 Å². The zero-order valence-corrected chi connectivity index (χ0v) is 17.0. The summed E-state index contributed by atoms with van der Waals surface area (Å²) < 4.78 is 0. The van der Waals surface area contributed by atoms with Crippen molar-refractivity contribution in [3.05, 3.63) is 69.2 Å². The molecule has 142 valence electrons. The Kier molecular flexibility index (Phi) is 5.45. The molecule has 2 aromatic rings. The van der Waals surface area contributed by atoms with Crippen molar-refractivity contribution in [3.8, 4) is 0 Å². The minimum absolute atomic E-state index is 0.0656. The molecule has 2 aromatic carbocycles. The highest BCUT2D eigenvalue weighted by Crippen LogP contribution is 2.36. The Labute approximate surface area is 170 Å². The first-order chi connectivity index (χ1) is 13.0. The van der Waals surface area contributed by atoms with Gasteiger partial charge in [-0.15, -0.1) is 0 Å². The van der Waals surface area contributed by atoms with Gasteiger partial charge in [0.2, 0.25) is 5.91 Å². The number of rotatable bonds is 3. The molecule has 2 aliphatic heterocycles. The van der Waals surface area contributed by atoms with Gasteiger partial charge in [0, 0.05) is 19.5 Å². The highest BCUT2D eigenvalue weighted by atomic mass is 35.5. The van der Waals surface area contributed by atoms with E-state index in [0.29, 0.717) is 16.5 Å². The zero-order chi connectivity index (χ0) is 19.0. The van der Waals surface area contributed by atoms with Gasteiger partial charge < -0.3 is 4.90 Å². The summed E-state index contributed by atoms with van der Waals surface area (Å²) in [6.07, 6.45) is 3.79. The van der Waals surface area contributed by atoms with Gasteiger partial charge in [-0.2, -0.15) is 0 Å². The Morgan fingerprint density at radius 1 is 1.07 bits per heavy atom. The van der Waals surface area contributed by atoms with Crippen molar-refractivity contribution in [2.45, 2.75) is 44.8 Å². The van der Waals surface area contributed by atoms with E-state index in [-0.39, 0.29) is 18.1 Å². The molecule has 0 radical (unpaired) electrons. The van der Waals surface area contributed by atoms with Crippen LogP contribution in [0.4, 0.5) is 0 Å². The molecule has 1 saturated heterocycles. The van der Waals surface area contributed by atoms with Crippen LogP contribution in [-0.4, -0.2) is 35.0 Å². The molecule has 0 saturated carbocycles. The molecule has 0 spiro atoms. The topological polar surface area (TPSA) is 23.6 Å². The van der Waals surface area contributed by atoms with Crippen LogP contribution in [0.3, 0.4) is 0 Å². The quantitative estimate of drug-likeness (QED) is 0.712. The Hall–Kier alpha value is -1.55. The second-order valence-electron chi connectivity index (χ2n) is 7.53. The van der Waals surface area contributed by atoms with Crippen molar-refractivity contribution in [3.63, 3.8) is 0 Å². The number of carbonyl (C=O) groups is 1. The summed E-state index contributed by atoms with van der Waals surface area (Å²) in [6.45, 7) is 4.28. The van der Waals surface area contributed by atoms with Gasteiger partial charge in [-0.1, -0.05) is 53.5 Å². The molecule has 1 fully saturated rings. The van der Waals surface area contributed by atoms with E-state index in [4.69, 9.17) is 23.2 Å². The standard InChI is InChI=1S/C22H24Cl2N2O/c1-15-18-7-3-2-6-17(18)14-21(25-10-4-5-11-25)26(15)22(27)13-16-8-9-19(23)20(24)12-16/h2-3,6-9,12,15,21H,4-5,10-11,13-14H2,1H3/t15-,21?/m1/s1. The number of benzene rings is 2. The maximum absolute atomic E-state index is 13.4. The molecule has 5 heteroatoms. The normalized spacial score (nSPS) is 22.7. The molecule has 0 aromatic heterocycles. The van der Waals surface area contributed by atoms with Gasteiger partial charge in [-0.05, 0) is 48.6 Å². The third kappa shape index (κ3) is 3.73. The number of carbonyl (C=O) groups excluding carboxylic acids is 1. The molecule has 2 atom stereocenters. The van der Waals surface area contributed by atoms with Crippen LogP contribution in [0, 0.1) is 0 Å². The molecular weight excluding hydrogens is 379 g/mol. The van der Waals surface area contributed by atoms with Gasteiger partial charge >= 0.3 is 0 Å². The summed E-state index contributed by atoms with van der Waals surface area (Å²) in [4.78, 5) is 17.9. The molecule has 1 unspecified atom stereocenters. The Morgan fingerprint density at radius 3 is 2.56 bits per heavy atom. The van der Waals surface area contributed by atoms with Crippen molar-refractivity contribution in [2.24, 2.45) is 0 Å². The third-order valence-corrected chi connectivity index (χ3v) is 6.57. The first-order valence-corrected chi connectivity index (χ1v) is 10.4. The van der Waals surface area contributed by atoms with Crippen molar-refractivity contribution in [1.82, 2.24) is 9.80 Å². The van der Waals surface area contributed by atoms with Gasteiger partial charge in [0.15, 0.2) is 0 Å². The maximum Gasteiger partial charge on any atom is 0.228 e. The smallest absolute Gasteiger partial charge is 0.228 e. The molecule has 0 aliphatic carbocycles. The van der Waals surface area contributed by atoms with E-state index in [1.165, 1.54) is 24.0 Å². The first kappa shape index (κ1) is 18.8. The molecule has 0 N–H and O–H groups in total. The number of hydrogen-bond acceptors (Lipinski definition) is 2. The Balaban J connectivity index is 1.64. The molecule has 0 bridgehead atoms. The lowest BCUT2D eigenvalue weighted by atomic mass is 9.90. The minimum atomic E-state index is 0.0656. The lowest BCUT2D eigenvalue weighted by molar-refractivity contribution is -0.141. The summed E-state index contributed by atoms with van der Waals surface area (Å²) in [5.41, 5.74) is 3.52. The molecular formula is C22H24Cl2N2O. The van der Waals surface area contributed by atoms with Crippen LogP contribution in [0.5, 0.6) is 0 Å². The Bertz CT molecular complexity index is 848. The van der Waals surface area contributed by atoms with E-state index in [1.807, 2.05) is 6.07 Å². The number of amides is 1. The van der Waals surface area contributed by atoms with Crippen LogP contribution in [0.2, 0.25) is 10.0 Å². The highest BCUT2D eigenvalue weighted by molar-refractivity contribution is 6.42. The van der Waals surface area contributed by atoms with Crippen LogP contribution in [0.25, 0.3) is 0 Å². The van der Waals surface area contributed by atoms with Gasteiger partial charge in [0.05, 0.1) is 28.7 Å². The third-order valence-electron chi connectivity index (χ3n) is 5.84. The van der Waals surface area contributed by atoms with E-state index >= 15 is 0 Å². The fourth-order valence-corrected chi connectivity index (χ4v) is 4.79. The van der Waals surface area contributed by atoms with Crippen molar-refractivity contribution < 1.29 is 4.79 Å². The monoisotopic (exact) mass is 402 g/mol. The van der Waals surface area contributed by atoms with Crippen molar-refractivity contribution >= 4 is 29.1 Å². The lowest BCUT2D eigenvalue weighted by Crippen LogP contribution is -2.55. The van der Waals surface area contributed by atoms with Crippen LogP contribution >= 0.6 is 23.2 Å². The number of nitrogens with zero attached hydrogens (tertiary/aromatic N) is 2. The van der Waals surface area contributed by atoms with Gasteiger partial charge in [0.25, 0.3) is 0 Å². The van der Waals surface area contributed by atoms with Gasteiger partial charge in [0.1, 0.15) is 0 Å². The van der Waals surface area contributed by atoms with Gasteiger partial charge in [-0.25, -0.2) is 0 Å². The lowest BCUT2D eigenvalue weighted by Gasteiger charge is -2.46. The van der Waals surface area contributed by atoms with Gasteiger partial charge in [-0.3, -0.25) is 9.69 Å². The van der Waals surface area contributed by atoms with Crippen LogP contribution < -0.4 is 0 Å². The molecule has 27 heavy (non-hydrogen) atoms.